The third-order valence-electron chi connectivity index (χ3n) is 3.02. The largest absolute Gasteiger partial charge is 0.497 e. The number of carbonyl (C=O) groups is 2. The average Bonchev–Trinajstić information content (AvgIpc) is 2.51. The number of rotatable bonds is 2. The molecule has 19 heavy (non-hydrogen) atoms. The molecule has 1 heterocycles. The highest BCUT2D eigenvalue weighted by Crippen LogP contribution is 2.26. The lowest BCUT2D eigenvalue weighted by Gasteiger charge is -2.23. The minimum Gasteiger partial charge on any atom is -0.497 e. The Morgan fingerprint density at radius 1 is 1.42 bits per heavy atom. The summed E-state index contributed by atoms with van der Waals surface area (Å²) in [6.45, 7) is 1.73. The van der Waals surface area contributed by atoms with E-state index in [0.29, 0.717) is 5.75 Å². The molecule has 6 heteroatoms. The molecule has 1 atom stereocenters. The van der Waals surface area contributed by atoms with E-state index in [-0.39, 0.29) is 30.5 Å². The van der Waals surface area contributed by atoms with Crippen molar-refractivity contribution < 1.29 is 18.7 Å². The summed E-state index contributed by atoms with van der Waals surface area (Å²) < 4.78 is 18.9. The summed E-state index contributed by atoms with van der Waals surface area (Å²) in [7, 11) is 1.47. The molecule has 0 radical (unpaired) electrons. The van der Waals surface area contributed by atoms with Gasteiger partial charge in [-0.3, -0.25) is 9.59 Å². The molecule has 102 valence electrons. The smallest absolute Gasteiger partial charge is 0.249 e. The molecule has 5 nitrogen and oxygen atoms in total. The van der Waals surface area contributed by atoms with Crippen molar-refractivity contribution in [1.29, 1.82) is 0 Å². The molecule has 1 N–H and O–H groups in total. The Kier molecular flexibility index (Phi) is 3.69. The summed E-state index contributed by atoms with van der Waals surface area (Å²) in [5, 5.41) is 2.56. The van der Waals surface area contributed by atoms with E-state index in [2.05, 4.69) is 5.32 Å². The molecule has 2 amide bonds. The predicted molar refractivity (Wildman–Crippen MR) is 67.5 cm³/mol. The number of anilines is 1. The van der Waals surface area contributed by atoms with Crippen LogP contribution in [0.5, 0.6) is 5.75 Å². The number of benzene rings is 1. The molecule has 0 bridgehead atoms. The summed E-state index contributed by atoms with van der Waals surface area (Å²) in [5.74, 6) is -0.610. The first-order chi connectivity index (χ1) is 9.02. The highest BCUT2D eigenvalue weighted by atomic mass is 19.1. The molecule has 0 aliphatic carbocycles. The van der Waals surface area contributed by atoms with Crippen LogP contribution in [0, 0.1) is 5.82 Å². The van der Waals surface area contributed by atoms with Crippen LogP contribution in [0.3, 0.4) is 0 Å². The van der Waals surface area contributed by atoms with Crippen molar-refractivity contribution in [3.8, 4) is 5.75 Å². The van der Waals surface area contributed by atoms with Crippen LogP contribution in [-0.2, 0) is 9.59 Å². The van der Waals surface area contributed by atoms with E-state index >= 15 is 0 Å². The Labute approximate surface area is 110 Å². The van der Waals surface area contributed by atoms with Gasteiger partial charge in [-0.2, -0.15) is 0 Å². The lowest BCUT2D eigenvalue weighted by Crippen LogP contribution is -2.43. The zero-order valence-corrected chi connectivity index (χ0v) is 10.8. The number of halogens is 1. The minimum absolute atomic E-state index is 0.132. The molecule has 1 saturated heterocycles. The molecule has 1 fully saturated rings. The minimum atomic E-state index is -0.666. The Balaban J connectivity index is 2.38. The lowest BCUT2D eigenvalue weighted by atomic mass is 10.2. The van der Waals surface area contributed by atoms with Crippen molar-refractivity contribution in [3.05, 3.63) is 24.0 Å². The van der Waals surface area contributed by atoms with E-state index in [1.165, 1.54) is 30.2 Å². The van der Waals surface area contributed by atoms with Gasteiger partial charge in [-0.15, -0.1) is 0 Å². The van der Waals surface area contributed by atoms with Crippen LogP contribution in [0.1, 0.15) is 13.3 Å². The second-order valence-electron chi connectivity index (χ2n) is 4.35. The van der Waals surface area contributed by atoms with E-state index in [1.54, 1.807) is 6.92 Å². The van der Waals surface area contributed by atoms with Gasteiger partial charge in [-0.1, -0.05) is 0 Å². The van der Waals surface area contributed by atoms with Crippen LogP contribution in [-0.4, -0.2) is 31.5 Å². The number of hydrogen-bond acceptors (Lipinski definition) is 3. The molecule has 1 aromatic rings. The molecule has 0 aromatic heterocycles. The fourth-order valence-electron chi connectivity index (χ4n) is 2.00. The molecule has 1 aromatic carbocycles. The molecule has 1 aliphatic heterocycles. The maximum absolute atomic E-state index is 13.9. The quantitative estimate of drug-likeness (QED) is 0.871. The third kappa shape index (κ3) is 2.67. The fraction of sp³-hybridized carbons (Fsp3) is 0.385. The number of nitrogens with one attached hydrogen (secondary N) is 1. The zero-order valence-electron chi connectivity index (χ0n) is 10.8. The first-order valence-corrected chi connectivity index (χ1v) is 5.97. The summed E-state index contributed by atoms with van der Waals surface area (Å²) in [6, 6.07) is 3.51. The normalized spacial score (nSPS) is 19.9. The van der Waals surface area contributed by atoms with Crippen molar-refractivity contribution in [3.63, 3.8) is 0 Å². The molecule has 1 unspecified atom stereocenters. The molecule has 2 rings (SSSR count). The maximum atomic E-state index is 13.9. The number of nitrogens with zero attached hydrogens (tertiary/aromatic N) is 1. The van der Waals surface area contributed by atoms with Gasteiger partial charge >= 0.3 is 0 Å². The summed E-state index contributed by atoms with van der Waals surface area (Å²) in [4.78, 5) is 24.8. The van der Waals surface area contributed by atoms with E-state index in [1.807, 2.05) is 0 Å². The second kappa shape index (κ2) is 5.26. The van der Waals surface area contributed by atoms with E-state index < -0.39 is 11.9 Å². The van der Waals surface area contributed by atoms with Gasteiger partial charge in [0.2, 0.25) is 11.8 Å². The Hall–Kier alpha value is -2.11. The van der Waals surface area contributed by atoms with Crippen LogP contribution in [0.4, 0.5) is 10.1 Å². The van der Waals surface area contributed by atoms with Gasteiger partial charge in [0.05, 0.1) is 12.8 Å². The summed E-state index contributed by atoms with van der Waals surface area (Å²) in [5.41, 5.74) is 0.132. The van der Waals surface area contributed by atoms with Gasteiger partial charge in [-0.05, 0) is 19.1 Å². The van der Waals surface area contributed by atoms with Crippen LogP contribution >= 0.6 is 0 Å². The number of hydrogen-bond donors (Lipinski definition) is 1. The highest BCUT2D eigenvalue weighted by molar-refractivity contribution is 6.01. The summed E-state index contributed by atoms with van der Waals surface area (Å²) >= 11 is 0. The maximum Gasteiger partial charge on any atom is 0.249 e. The van der Waals surface area contributed by atoms with Crippen LogP contribution in [0.25, 0.3) is 0 Å². The Bertz CT molecular complexity index is 519. The van der Waals surface area contributed by atoms with E-state index in [9.17, 15) is 14.0 Å². The SMILES string of the molecule is COc1ccc(F)c(N2CCC(=O)NC(C)C2=O)c1. The van der Waals surface area contributed by atoms with Gasteiger partial charge in [0.25, 0.3) is 0 Å². The second-order valence-corrected chi connectivity index (χ2v) is 4.35. The van der Waals surface area contributed by atoms with E-state index in [4.69, 9.17) is 4.74 Å². The molecular formula is C13H15FN2O3. The van der Waals surface area contributed by atoms with E-state index in [0.717, 1.165) is 0 Å². The van der Waals surface area contributed by atoms with Crippen molar-refractivity contribution in [1.82, 2.24) is 5.32 Å². The zero-order chi connectivity index (χ0) is 14.0. The number of ether oxygens (including phenoxy) is 1. The van der Waals surface area contributed by atoms with Gasteiger partial charge in [0.15, 0.2) is 0 Å². The lowest BCUT2D eigenvalue weighted by molar-refractivity contribution is -0.125. The third-order valence-corrected chi connectivity index (χ3v) is 3.02. The monoisotopic (exact) mass is 266 g/mol. The number of carbonyl (C=O) groups excluding carboxylic acids is 2. The van der Waals surface area contributed by atoms with Crippen molar-refractivity contribution in [2.45, 2.75) is 19.4 Å². The van der Waals surface area contributed by atoms with Crippen LogP contribution in [0.15, 0.2) is 18.2 Å². The fourth-order valence-corrected chi connectivity index (χ4v) is 2.00. The molecule has 0 spiro atoms. The summed E-state index contributed by atoms with van der Waals surface area (Å²) in [6.07, 6.45) is 0.146. The van der Waals surface area contributed by atoms with Crippen LogP contribution < -0.4 is 15.0 Å². The van der Waals surface area contributed by atoms with Crippen molar-refractivity contribution in [2.24, 2.45) is 0 Å². The van der Waals surface area contributed by atoms with Crippen molar-refractivity contribution in [2.75, 3.05) is 18.6 Å². The van der Waals surface area contributed by atoms with Crippen molar-refractivity contribution >= 4 is 17.5 Å². The van der Waals surface area contributed by atoms with Gasteiger partial charge in [0, 0.05) is 19.0 Å². The van der Waals surface area contributed by atoms with Gasteiger partial charge < -0.3 is 15.0 Å². The molecule has 0 saturated carbocycles. The topological polar surface area (TPSA) is 58.6 Å². The van der Waals surface area contributed by atoms with Crippen LogP contribution in [0.2, 0.25) is 0 Å². The average molecular weight is 266 g/mol. The molecular weight excluding hydrogens is 251 g/mol. The standard InChI is InChI=1S/C13H15FN2O3/c1-8-13(18)16(6-5-12(17)15-8)11-7-9(19-2)3-4-10(11)14/h3-4,7-8H,5-6H2,1-2H3,(H,15,17). The molecule has 1 aliphatic rings. The predicted octanol–water partition coefficient (Wildman–Crippen LogP) is 1.08. The first-order valence-electron chi connectivity index (χ1n) is 5.97. The Morgan fingerprint density at radius 2 is 2.16 bits per heavy atom. The first kappa shape index (κ1) is 13.3. The van der Waals surface area contributed by atoms with Gasteiger partial charge in [-0.25, -0.2) is 4.39 Å². The number of amides is 2. The Morgan fingerprint density at radius 3 is 2.84 bits per heavy atom. The van der Waals surface area contributed by atoms with Gasteiger partial charge in [0.1, 0.15) is 17.6 Å². The number of methoxy groups -OCH3 is 1. The highest BCUT2D eigenvalue weighted by Gasteiger charge is 2.29.